The first-order valence-corrected chi connectivity index (χ1v) is 5.93. The largest absolute Gasteiger partial charge is 0.497 e. The van der Waals surface area contributed by atoms with Gasteiger partial charge in [0, 0.05) is 12.6 Å². The van der Waals surface area contributed by atoms with Gasteiger partial charge in [0.05, 0.1) is 25.5 Å². The van der Waals surface area contributed by atoms with Crippen molar-refractivity contribution in [3.8, 4) is 11.5 Å². The van der Waals surface area contributed by atoms with Gasteiger partial charge in [0.25, 0.3) is 5.91 Å². The van der Waals surface area contributed by atoms with E-state index in [1.165, 1.54) is 14.2 Å². The smallest absolute Gasteiger partial charge is 0.253 e. The third-order valence-corrected chi connectivity index (χ3v) is 2.63. The average Bonchev–Trinajstić information content (AvgIpc) is 2.39. The molecule has 1 aromatic rings. The fourth-order valence-corrected chi connectivity index (χ4v) is 1.55. The Morgan fingerprint density at radius 1 is 1.33 bits per heavy atom. The summed E-state index contributed by atoms with van der Waals surface area (Å²) in [7, 11) is 3.04. The Bertz CT molecular complexity index is 419. The number of nitrogens with two attached hydrogens (primary N) is 1. The van der Waals surface area contributed by atoms with Crippen molar-refractivity contribution < 1.29 is 14.3 Å². The second-order valence-electron chi connectivity index (χ2n) is 3.90. The quantitative estimate of drug-likeness (QED) is 0.598. The maximum Gasteiger partial charge on any atom is 0.253 e. The van der Waals surface area contributed by atoms with Crippen LogP contribution in [0.4, 0.5) is 5.69 Å². The predicted octanol–water partition coefficient (Wildman–Crippen LogP) is 1.82. The van der Waals surface area contributed by atoms with Crippen molar-refractivity contribution in [2.24, 2.45) is 0 Å². The molecule has 0 fully saturated rings. The highest BCUT2D eigenvalue weighted by Gasteiger charge is 2.15. The van der Waals surface area contributed by atoms with Crippen molar-refractivity contribution in [3.05, 3.63) is 17.7 Å². The van der Waals surface area contributed by atoms with E-state index in [-0.39, 0.29) is 5.91 Å². The number of carbonyl (C=O) groups excluding carboxylic acids is 1. The first-order chi connectivity index (χ1) is 8.63. The minimum atomic E-state index is -0.210. The van der Waals surface area contributed by atoms with Crippen molar-refractivity contribution in [1.29, 1.82) is 0 Å². The lowest BCUT2D eigenvalue weighted by molar-refractivity contribution is 0.0953. The zero-order valence-electron chi connectivity index (χ0n) is 11.1. The number of ether oxygens (including phenoxy) is 2. The molecular weight excluding hydrogens is 232 g/mol. The van der Waals surface area contributed by atoms with Gasteiger partial charge in [-0.25, -0.2) is 0 Å². The van der Waals surface area contributed by atoms with Gasteiger partial charge in [0.1, 0.15) is 11.5 Å². The Kier molecular flexibility index (Phi) is 5.30. The molecule has 100 valence electrons. The van der Waals surface area contributed by atoms with E-state index in [0.29, 0.717) is 29.3 Å². The zero-order valence-corrected chi connectivity index (χ0v) is 11.1. The van der Waals surface area contributed by atoms with E-state index in [9.17, 15) is 4.79 Å². The Labute approximate surface area is 107 Å². The molecule has 1 rings (SSSR count). The van der Waals surface area contributed by atoms with Crippen LogP contribution in [-0.2, 0) is 0 Å². The highest BCUT2D eigenvalue weighted by atomic mass is 16.5. The van der Waals surface area contributed by atoms with Gasteiger partial charge in [-0.3, -0.25) is 4.79 Å². The third-order valence-electron chi connectivity index (χ3n) is 2.63. The molecule has 5 nitrogen and oxygen atoms in total. The summed E-state index contributed by atoms with van der Waals surface area (Å²) < 4.78 is 10.2. The van der Waals surface area contributed by atoms with E-state index in [4.69, 9.17) is 15.2 Å². The molecule has 0 spiro atoms. The van der Waals surface area contributed by atoms with Gasteiger partial charge in [-0.2, -0.15) is 0 Å². The summed E-state index contributed by atoms with van der Waals surface area (Å²) >= 11 is 0. The SMILES string of the molecule is CCCCNC(=O)c1cc(OC)cc(OC)c1N. The van der Waals surface area contributed by atoms with Crippen LogP contribution in [0.5, 0.6) is 11.5 Å². The van der Waals surface area contributed by atoms with Crippen LogP contribution in [0.2, 0.25) is 0 Å². The molecular formula is C13H20N2O3. The molecule has 0 saturated carbocycles. The van der Waals surface area contributed by atoms with Crippen LogP contribution in [0.25, 0.3) is 0 Å². The monoisotopic (exact) mass is 252 g/mol. The average molecular weight is 252 g/mol. The maximum atomic E-state index is 12.0. The van der Waals surface area contributed by atoms with E-state index in [1.807, 2.05) is 0 Å². The lowest BCUT2D eigenvalue weighted by Gasteiger charge is -2.12. The molecule has 0 aliphatic carbocycles. The van der Waals surface area contributed by atoms with E-state index in [0.717, 1.165) is 12.8 Å². The van der Waals surface area contributed by atoms with Crippen molar-refractivity contribution in [2.45, 2.75) is 19.8 Å². The Balaban J connectivity index is 2.95. The number of unbranched alkanes of at least 4 members (excludes halogenated alkanes) is 1. The molecule has 0 heterocycles. The molecule has 1 aromatic carbocycles. The minimum absolute atomic E-state index is 0.210. The second kappa shape index (κ2) is 6.74. The fraction of sp³-hybridized carbons (Fsp3) is 0.462. The molecule has 1 amide bonds. The zero-order chi connectivity index (χ0) is 13.5. The van der Waals surface area contributed by atoms with Crippen LogP contribution in [0.1, 0.15) is 30.1 Å². The number of amides is 1. The Morgan fingerprint density at radius 2 is 2.06 bits per heavy atom. The lowest BCUT2D eigenvalue weighted by Crippen LogP contribution is -2.25. The summed E-state index contributed by atoms with van der Waals surface area (Å²) in [6, 6.07) is 3.26. The lowest BCUT2D eigenvalue weighted by atomic mass is 10.1. The van der Waals surface area contributed by atoms with Crippen molar-refractivity contribution >= 4 is 11.6 Å². The Morgan fingerprint density at radius 3 is 2.61 bits per heavy atom. The molecule has 3 N–H and O–H groups in total. The number of carbonyl (C=O) groups is 1. The summed E-state index contributed by atoms with van der Waals surface area (Å²) in [5, 5.41) is 2.81. The van der Waals surface area contributed by atoms with E-state index < -0.39 is 0 Å². The number of benzene rings is 1. The molecule has 0 aliphatic rings. The van der Waals surface area contributed by atoms with Crippen LogP contribution >= 0.6 is 0 Å². The summed E-state index contributed by atoms with van der Waals surface area (Å²) in [5.41, 5.74) is 6.58. The highest BCUT2D eigenvalue weighted by molar-refractivity contribution is 6.00. The predicted molar refractivity (Wildman–Crippen MR) is 71.2 cm³/mol. The molecule has 0 aliphatic heterocycles. The van der Waals surface area contributed by atoms with Crippen molar-refractivity contribution in [3.63, 3.8) is 0 Å². The standard InChI is InChI=1S/C13H20N2O3/c1-4-5-6-15-13(16)10-7-9(17-2)8-11(18-3)12(10)14/h7-8H,4-6,14H2,1-3H3,(H,15,16). The van der Waals surface area contributed by atoms with E-state index in [2.05, 4.69) is 12.2 Å². The van der Waals surface area contributed by atoms with Crippen molar-refractivity contribution in [2.75, 3.05) is 26.5 Å². The molecule has 0 saturated heterocycles. The molecule has 0 bridgehead atoms. The van der Waals surface area contributed by atoms with Gasteiger partial charge in [-0.05, 0) is 12.5 Å². The number of methoxy groups -OCH3 is 2. The molecule has 0 radical (unpaired) electrons. The van der Waals surface area contributed by atoms with E-state index >= 15 is 0 Å². The van der Waals surface area contributed by atoms with Crippen LogP contribution in [-0.4, -0.2) is 26.7 Å². The van der Waals surface area contributed by atoms with Gasteiger partial charge in [-0.15, -0.1) is 0 Å². The summed E-state index contributed by atoms with van der Waals surface area (Å²) in [6.45, 7) is 2.70. The number of nitrogens with one attached hydrogen (secondary N) is 1. The van der Waals surface area contributed by atoms with Crippen LogP contribution in [0.3, 0.4) is 0 Å². The highest BCUT2D eigenvalue weighted by Crippen LogP contribution is 2.30. The fourth-order valence-electron chi connectivity index (χ4n) is 1.55. The van der Waals surface area contributed by atoms with Gasteiger partial charge >= 0.3 is 0 Å². The van der Waals surface area contributed by atoms with Crippen molar-refractivity contribution in [1.82, 2.24) is 5.32 Å². The van der Waals surface area contributed by atoms with Gasteiger partial charge in [-0.1, -0.05) is 13.3 Å². The first kappa shape index (κ1) is 14.2. The van der Waals surface area contributed by atoms with Crippen LogP contribution in [0, 0.1) is 0 Å². The number of hydrogen-bond acceptors (Lipinski definition) is 4. The number of anilines is 1. The topological polar surface area (TPSA) is 73.6 Å². The van der Waals surface area contributed by atoms with Gasteiger partial charge < -0.3 is 20.5 Å². The third kappa shape index (κ3) is 3.29. The summed E-state index contributed by atoms with van der Waals surface area (Å²) in [4.78, 5) is 12.0. The first-order valence-electron chi connectivity index (χ1n) is 5.93. The molecule has 0 atom stereocenters. The maximum absolute atomic E-state index is 12.0. The molecule has 5 heteroatoms. The molecule has 0 aromatic heterocycles. The molecule has 18 heavy (non-hydrogen) atoms. The van der Waals surface area contributed by atoms with Crippen LogP contribution < -0.4 is 20.5 Å². The summed E-state index contributed by atoms with van der Waals surface area (Å²) in [5.74, 6) is 0.773. The molecule has 0 unspecified atom stereocenters. The second-order valence-corrected chi connectivity index (χ2v) is 3.90. The van der Waals surface area contributed by atoms with Gasteiger partial charge in [0.15, 0.2) is 0 Å². The number of nitrogen functional groups attached to an aromatic ring is 1. The van der Waals surface area contributed by atoms with E-state index in [1.54, 1.807) is 12.1 Å². The number of hydrogen-bond donors (Lipinski definition) is 2. The van der Waals surface area contributed by atoms with Crippen LogP contribution in [0.15, 0.2) is 12.1 Å². The van der Waals surface area contributed by atoms with Gasteiger partial charge in [0.2, 0.25) is 0 Å². The Hall–Kier alpha value is -1.91. The normalized spacial score (nSPS) is 9.94. The minimum Gasteiger partial charge on any atom is -0.497 e. The summed E-state index contributed by atoms with van der Waals surface area (Å²) in [6.07, 6.45) is 1.96. The number of rotatable bonds is 6.